The number of para-hydroxylation sites is 1. The lowest BCUT2D eigenvalue weighted by molar-refractivity contribution is -0.126. The van der Waals surface area contributed by atoms with E-state index in [1.54, 1.807) is 18.2 Å². The SMILES string of the molecule is CC(C)c1ccccc1OCCNC(=O)[C@@H]1CCCN(S(=O)(=O)Cc2ccc(Cl)c(Cl)c2)C1. The lowest BCUT2D eigenvalue weighted by Gasteiger charge is -2.31. The molecule has 0 saturated carbocycles. The molecular formula is C24H30Cl2N2O4S. The van der Waals surface area contributed by atoms with Crippen molar-refractivity contribution >= 4 is 39.1 Å². The smallest absolute Gasteiger partial charge is 0.224 e. The maximum Gasteiger partial charge on any atom is 0.224 e. The number of nitrogens with zero attached hydrogens (tertiary/aromatic N) is 1. The van der Waals surface area contributed by atoms with Crippen LogP contribution in [0.5, 0.6) is 5.75 Å². The highest BCUT2D eigenvalue weighted by atomic mass is 35.5. The van der Waals surface area contributed by atoms with Gasteiger partial charge in [-0.3, -0.25) is 4.79 Å². The Morgan fingerprint density at radius 2 is 1.94 bits per heavy atom. The van der Waals surface area contributed by atoms with Crippen LogP contribution in [0.1, 0.15) is 43.7 Å². The molecule has 0 aliphatic carbocycles. The van der Waals surface area contributed by atoms with Gasteiger partial charge in [-0.1, -0.05) is 61.3 Å². The van der Waals surface area contributed by atoms with Crippen LogP contribution in [0.3, 0.4) is 0 Å². The standard InChI is InChI=1S/C24H30Cl2N2O4S/c1-17(2)20-7-3-4-8-23(20)32-13-11-27-24(29)19-6-5-12-28(15-19)33(30,31)16-18-9-10-21(25)22(26)14-18/h3-4,7-10,14,17,19H,5-6,11-13,15-16H2,1-2H3,(H,27,29)/t19-/m1/s1. The Kier molecular flexibility index (Phi) is 9.04. The van der Waals surface area contributed by atoms with Crippen molar-refractivity contribution in [3.63, 3.8) is 0 Å². The van der Waals surface area contributed by atoms with E-state index >= 15 is 0 Å². The molecule has 1 fully saturated rings. The largest absolute Gasteiger partial charge is 0.491 e. The maximum absolute atomic E-state index is 12.9. The number of amides is 1. The van der Waals surface area contributed by atoms with Crippen LogP contribution in [0.4, 0.5) is 0 Å². The first-order valence-electron chi connectivity index (χ1n) is 11.1. The molecule has 1 aliphatic heterocycles. The summed E-state index contributed by atoms with van der Waals surface area (Å²) in [5, 5.41) is 3.59. The fraction of sp³-hybridized carbons (Fsp3) is 0.458. The molecule has 0 aromatic heterocycles. The molecule has 1 amide bonds. The van der Waals surface area contributed by atoms with E-state index < -0.39 is 10.0 Å². The lowest BCUT2D eigenvalue weighted by atomic mass is 9.99. The van der Waals surface area contributed by atoms with Gasteiger partial charge in [0.1, 0.15) is 12.4 Å². The van der Waals surface area contributed by atoms with Crippen LogP contribution in [0.15, 0.2) is 42.5 Å². The minimum atomic E-state index is -3.58. The molecule has 1 heterocycles. The first kappa shape index (κ1) is 25.8. The second kappa shape index (κ2) is 11.6. The summed E-state index contributed by atoms with van der Waals surface area (Å²) in [5.74, 6) is 0.450. The molecule has 0 bridgehead atoms. The van der Waals surface area contributed by atoms with Crippen molar-refractivity contribution in [1.82, 2.24) is 9.62 Å². The normalized spacial score (nSPS) is 17.2. The van der Waals surface area contributed by atoms with E-state index in [1.165, 1.54) is 4.31 Å². The molecule has 1 N–H and O–H groups in total. The number of ether oxygens (including phenoxy) is 1. The Bertz CT molecular complexity index is 1080. The van der Waals surface area contributed by atoms with E-state index in [4.69, 9.17) is 27.9 Å². The molecule has 1 atom stereocenters. The van der Waals surface area contributed by atoms with Crippen LogP contribution in [-0.2, 0) is 20.6 Å². The molecule has 0 unspecified atom stereocenters. The molecule has 6 nitrogen and oxygen atoms in total. The summed E-state index contributed by atoms with van der Waals surface area (Å²) in [6.45, 7) is 5.50. The molecule has 2 aromatic rings. The summed E-state index contributed by atoms with van der Waals surface area (Å²) in [4.78, 5) is 12.7. The van der Waals surface area contributed by atoms with Gasteiger partial charge in [0.05, 0.1) is 28.3 Å². The summed E-state index contributed by atoms with van der Waals surface area (Å²) in [5.41, 5.74) is 1.69. The number of piperidine rings is 1. The zero-order valence-corrected chi connectivity index (χ0v) is 21.2. The molecule has 1 saturated heterocycles. The molecule has 0 spiro atoms. The molecule has 1 aliphatic rings. The third-order valence-electron chi connectivity index (χ3n) is 5.68. The molecule has 33 heavy (non-hydrogen) atoms. The summed E-state index contributed by atoms with van der Waals surface area (Å²) in [6, 6.07) is 12.7. The van der Waals surface area contributed by atoms with Crippen molar-refractivity contribution in [2.24, 2.45) is 5.92 Å². The van der Waals surface area contributed by atoms with Crippen molar-refractivity contribution in [2.75, 3.05) is 26.2 Å². The van der Waals surface area contributed by atoms with Crippen molar-refractivity contribution in [3.8, 4) is 5.75 Å². The van der Waals surface area contributed by atoms with Crippen LogP contribution in [0, 0.1) is 5.92 Å². The fourth-order valence-corrected chi connectivity index (χ4v) is 5.83. The van der Waals surface area contributed by atoms with E-state index in [2.05, 4.69) is 19.2 Å². The number of benzene rings is 2. The highest BCUT2D eigenvalue weighted by molar-refractivity contribution is 7.88. The fourth-order valence-electron chi connectivity index (χ4n) is 3.91. The Balaban J connectivity index is 1.51. The summed E-state index contributed by atoms with van der Waals surface area (Å²) in [7, 11) is -3.58. The van der Waals surface area contributed by atoms with Gasteiger partial charge in [-0.15, -0.1) is 0 Å². The Morgan fingerprint density at radius 1 is 1.18 bits per heavy atom. The van der Waals surface area contributed by atoms with Crippen LogP contribution in [-0.4, -0.2) is 44.9 Å². The van der Waals surface area contributed by atoms with Crippen LogP contribution in [0.25, 0.3) is 0 Å². The van der Waals surface area contributed by atoms with Crippen molar-refractivity contribution in [1.29, 1.82) is 0 Å². The zero-order valence-electron chi connectivity index (χ0n) is 18.9. The van der Waals surface area contributed by atoms with Gasteiger partial charge in [-0.25, -0.2) is 12.7 Å². The number of hydrogen-bond donors (Lipinski definition) is 1. The van der Waals surface area contributed by atoms with Crippen LogP contribution in [0.2, 0.25) is 10.0 Å². The molecule has 180 valence electrons. The first-order chi connectivity index (χ1) is 15.7. The predicted molar refractivity (Wildman–Crippen MR) is 132 cm³/mol. The van der Waals surface area contributed by atoms with E-state index in [-0.39, 0.29) is 24.1 Å². The molecule has 3 rings (SSSR count). The highest BCUT2D eigenvalue weighted by Crippen LogP contribution is 2.27. The average molecular weight is 513 g/mol. The third kappa shape index (κ3) is 7.09. The number of rotatable bonds is 9. The zero-order chi connectivity index (χ0) is 24.0. The van der Waals surface area contributed by atoms with E-state index in [1.807, 2.05) is 24.3 Å². The Morgan fingerprint density at radius 3 is 2.67 bits per heavy atom. The molecule has 0 radical (unpaired) electrons. The third-order valence-corrected chi connectivity index (χ3v) is 8.24. The van der Waals surface area contributed by atoms with E-state index in [0.717, 1.165) is 11.3 Å². The van der Waals surface area contributed by atoms with Gasteiger partial charge in [0.25, 0.3) is 0 Å². The summed E-state index contributed by atoms with van der Waals surface area (Å²) >= 11 is 11.9. The maximum atomic E-state index is 12.9. The molecule has 2 aromatic carbocycles. The number of carbonyl (C=O) groups is 1. The van der Waals surface area contributed by atoms with Gasteiger partial charge in [-0.05, 0) is 48.1 Å². The highest BCUT2D eigenvalue weighted by Gasteiger charge is 2.32. The Labute approximate surface area is 206 Å². The van der Waals surface area contributed by atoms with Gasteiger partial charge < -0.3 is 10.1 Å². The number of sulfonamides is 1. The van der Waals surface area contributed by atoms with Crippen molar-refractivity contribution in [2.45, 2.75) is 38.4 Å². The first-order valence-corrected chi connectivity index (χ1v) is 13.4. The summed E-state index contributed by atoms with van der Waals surface area (Å²) in [6.07, 6.45) is 1.29. The lowest BCUT2D eigenvalue weighted by Crippen LogP contribution is -2.46. The molecular weight excluding hydrogens is 483 g/mol. The number of nitrogens with one attached hydrogen (secondary N) is 1. The number of hydrogen-bond acceptors (Lipinski definition) is 4. The van der Waals surface area contributed by atoms with Gasteiger partial charge in [0, 0.05) is 13.1 Å². The van der Waals surface area contributed by atoms with Crippen LogP contribution >= 0.6 is 23.2 Å². The van der Waals surface area contributed by atoms with Crippen LogP contribution < -0.4 is 10.1 Å². The van der Waals surface area contributed by atoms with E-state index in [0.29, 0.717) is 54.1 Å². The predicted octanol–water partition coefficient (Wildman–Crippen LogP) is 4.85. The second-order valence-corrected chi connectivity index (χ2v) is 11.3. The van der Waals surface area contributed by atoms with Crippen molar-refractivity contribution < 1.29 is 17.9 Å². The minimum absolute atomic E-state index is 0.148. The summed E-state index contributed by atoms with van der Waals surface area (Å²) < 4.78 is 33.1. The van der Waals surface area contributed by atoms with Gasteiger partial charge >= 0.3 is 0 Å². The monoisotopic (exact) mass is 512 g/mol. The molecule has 9 heteroatoms. The van der Waals surface area contributed by atoms with Crippen molar-refractivity contribution in [3.05, 3.63) is 63.6 Å². The van der Waals surface area contributed by atoms with E-state index in [9.17, 15) is 13.2 Å². The average Bonchev–Trinajstić information content (AvgIpc) is 2.79. The second-order valence-electron chi connectivity index (χ2n) is 8.53. The quantitative estimate of drug-likeness (QED) is 0.487. The van der Waals surface area contributed by atoms with Gasteiger partial charge in [0.15, 0.2) is 0 Å². The number of carbonyl (C=O) groups excluding carboxylic acids is 1. The topological polar surface area (TPSA) is 75.7 Å². The van der Waals surface area contributed by atoms with Gasteiger partial charge in [-0.2, -0.15) is 0 Å². The van der Waals surface area contributed by atoms with Gasteiger partial charge in [0.2, 0.25) is 15.9 Å². The number of halogens is 2. The Hall–Kier alpha value is -1.80. The minimum Gasteiger partial charge on any atom is -0.491 e.